The molecule has 0 saturated carbocycles. The summed E-state index contributed by atoms with van der Waals surface area (Å²) >= 11 is 9.17. The zero-order chi connectivity index (χ0) is 14.7. The quantitative estimate of drug-likeness (QED) is 0.851. The standard InChI is InChI=1S/C15H14BrClN2O/c1-19(14-7-4-11(16)9-13(14)18)15(20)8-10-2-5-12(17)6-3-10/h2-7,9H,8,18H2,1H3. The molecule has 20 heavy (non-hydrogen) atoms. The number of nitrogens with two attached hydrogens (primary N) is 1. The normalized spacial score (nSPS) is 10.3. The smallest absolute Gasteiger partial charge is 0.231 e. The molecule has 0 heterocycles. The van der Waals surface area contributed by atoms with Gasteiger partial charge in [-0.05, 0) is 35.9 Å². The number of amides is 1. The first-order valence-corrected chi connectivity index (χ1v) is 7.20. The second-order valence-electron chi connectivity index (χ2n) is 4.46. The summed E-state index contributed by atoms with van der Waals surface area (Å²) in [4.78, 5) is 13.8. The van der Waals surface area contributed by atoms with Crippen molar-refractivity contribution in [3.8, 4) is 0 Å². The van der Waals surface area contributed by atoms with Gasteiger partial charge in [0.2, 0.25) is 5.91 Å². The van der Waals surface area contributed by atoms with Gasteiger partial charge in [-0.15, -0.1) is 0 Å². The third kappa shape index (κ3) is 3.52. The van der Waals surface area contributed by atoms with Crippen LogP contribution in [0, 0.1) is 0 Å². The topological polar surface area (TPSA) is 46.3 Å². The van der Waals surface area contributed by atoms with Crippen molar-refractivity contribution in [2.45, 2.75) is 6.42 Å². The van der Waals surface area contributed by atoms with E-state index in [1.807, 2.05) is 24.3 Å². The van der Waals surface area contributed by atoms with Crippen molar-refractivity contribution >= 4 is 44.8 Å². The first-order valence-electron chi connectivity index (χ1n) is 6.03. The highest BCUT2D eigenvalue weighted by molar-refractivity contribution is 9.10. The highest BCUT2D eigenvalue weighted by Gasteiger charge is 2.14. The molecule has 0 aliphatic carbocycles. The molecule has 0 fully saturated rings. The Morgan fingerprint density at radius 3 is 2.50 bits per heavy atom. The van der Waals surface area contributed by atoms with Crippen LogP contribution in [-0.4, -0.2) is 13.0 Å². The predicted molar refractivity (Wildman–Crippen MR) is 87.1 cm³/mol. The molecule has 5 heteroatoms. The summed E-state index contributed by atoms with van der Waals surface area (Å²) in [7, 11) is 1.72. The van der Waals surface area contributed by atoms with Gasteiger partial charge in [0.25, 0.3) is 0 Å². The number of hydrogen-bond acceptors (Lipinski definition) is 2. The average molecular weight is 354 g/mol. The van der Waals surface area contributed by atoms with Gasteiger partial charge in [0.05, 0.1) is 17.8 Å². The molecule has 104 valence electrons. The van der Waals surface area contributed by atoms with E-state index < -0.39 is 0 Å². The van der Waals surface area contributed by atoms with E-state index in [1.165, 1.54) is 0 Å². The number of nitrogen functional groups attached to an aromatic ring is 1. The Balaban J connectivity index is 2.14. The highest BCUT2D eigenvalue weighted by atomic mass is 79.9. The molecule has 0 spiro atoms. The van der Waals surface area contributed by atoms with E-state index in [4.69, 9.17) is 17.3 Å². The summed E-state index contributed by atoms with van der Waals surface area (Å²) in [6, 6.07) is 12.7. The number of benzene rings is 2. The lowest BCUT2D eigenvalue weighted by Crippen LogP contribution is -2.28. The summed E-state index contributed by atoms with van der Waals surface area (Å²) in [5.74, 6) is -0.0265. The molecule has 0 unspecified atom stereocenters. The monoisotopic (exact) mass is 352 g/mol. The van der Waals surface area contributed by atoms with Gasteiger partial charge in [0, 0.05) is 16.5 Å². The SMILES string of the molecule is CN(C(=O)Cc1ccc(Cl)cc1)c1ccc(Br)cc1N. The van der Waals surface area contributed by atoms with E-state index in [0.29, 0.717) is 22.8 Å². The first kappa shape index (κ1) is 14.9. The van der Waals surface area contributed by atoms with E-state index in [1.54, 1.807) is 30.1 Å². The molecule has 2 rings (SSSR count). The fourth-order valence-corrected chi connectivity index (χ4v) is 2.37. The molecule has 2 N–H and O–H groups in total. The van der Waals surface area contributed by atoms with Crippen molar-refractivity contribution in [1.29, 1.82) is 0 Å². The van der Waals surface area contributed by atoms with Gasteiger partial charge in [-0.2, -0.15) is 0 Å². The van der Waals surface area contributed by atoms with Crippen LogP contribution in [0.1, 0.15) is 5.56 Å². The third-order valence-corrected chi connectivity index (χ3v) is 3.74. The van der Waals surface area contributed by atoms with E-state index in [2.05, 4.69) is 15.9 Å². The van der Waals surface area contributed by atoms with Crippen LogP contribution in [0.25, 0.3) is 0 Å². The predicted octanol–water partition coefficient (Wildman–Crippen LogP) is 3.89. The lowest BCUT2D eigenvalue weighted by Gasteiger charge is -2.19. The van der Waals surface area contributed by atoms with Gasteiger partial charge >= 0.3 is 0 Å². The Kier molecular flexibility index (Phi) is 4.68. The second kappa shape index (κ2) is 6.29. The van der Waals surface area contributed by atoms with Crippen molar-refractivity contribution in [3.63, 3.8) is 0 Å². The van der Waals surface area contributed by atoms with Crippen molar-refractivity contribution in [1.82, 2.24) is 0 Å². The van der Waals surface area contributed by atoms with Gasteiger partial charge in [-0.25, -0.2) is 0 Å². The fourth-order valence-electron chi connectivity index (χ4n) is 1.86. The lowest BCUT2D eigenvalue weighted by molar-refractivity contribution is -0.117. The second-order valence-corrected chi connectivity index (χ2v) is 5.81. The molecule has 2 aromatic carbocycles. The Morgan fingerprint density at radius 2 is 1.90 bits per heavy atom. The number of likely N-dealkylation sites (N-methyl/N-ethyl adjacent to an activating group) is 1. The van der Waals surface area contributed by atoms with Gasteiger partial charge in [-0.3, -0.25) is 4.79 Å². The zero-order valence-corrected chi connectivity index (χ0v) is 13.3. The summed E-state index contributed by atoms with van der Waals surface area (Å²) in [6.45, 7) is 0. The number of carbonyl (C=O) groups is 1. The van der Waals surface area contributed by atoms with Gasteiger partial charge < -0.3 is 10.6 Å². The third-order valence-electron chi connectivity index (χ3n) is 2.99. The van der Waals surface area contributed by atoms with Crippen molar-refractivity contribution in [3.05, 3.63) is 57.5 Å². The minimum atomic E-state index is -0.0265. The molecule has 2 aromatic rings. The number of rotatable bonds is 3. The van der Waals surface area contributed by atoms with Crippen LogP contribution < -0.4 is 10.6 Å². The maximum absolute atomic E-state index is 12.3. The fraction of sp³-hybridized carbons (Fsp3) is 0.133. The molecule has 3 nitrogen and oxygen atoms in total. The number of halogens is 2. The maximum Gasteiger partial charge on any atom is 0.231 e. The molecule has 1 amide bonds. The van der Waals surface area contributed by atoms with Gasteiger partial charge in [-0.1, -0.05) is 39.7 Å². The van der Waals surface area contributed by atoms with Gasteiger partial charge in [0.15, 0.2) is 0 Å². The highest BCUT2D eigenvalue weighted by Crippen LogP contribution is 2.26. The van der Waals surface area contributed by atoms with Crippen LogP contribution in [0.4, 0.5) is 11.4 Å². The van der Waals surface area contributed by atoms with Crippen LogP contribution in [0.5, 0.6) is 0 Å². The summed E-state index contributed by atoms with van der Waals surface area (Å²) in [5.41, 5.74) is 8.11. The average Bonchev–Trinajstić information content (AvgIpc) is 2.40. The summed E-state index contributed by atoms with van der Waals surface area (Å²) < 4.78 is 0.886. The largest absolute Gasteiger partial charge is 0.397 e. The van der Waals surface area contributed by atoms with E-state index in [-0.39, 0.29) is 5.91 Å². The Labute approximate surface area is 131 Å². The minimum Gasteiger partial charge on any atom is -0.397 e. The van der Waals surface area contributed by atoms with E-state index in [0.717, 1.165) is 10.0 Å². The van der Waals surface area contributed by atoms with Crippen LogP contribution in [-0.2, 0) is 11.2 Å². The Morgan fingerprint density at radius 1 is 1.25 bits per heavy atom. The minimum absolute atomic E-state index is 0.0265. The molecular formula is C15H14BrClN2O. The molecule has 0 aliphatic rings. The van der Waals surface area contributed by atoms with E-state index in [9.17, 15) is 4.79 Å². The molecule has 0 atom stereocenters. The zero-order valence-electron chi connectivity index (χ0n) is 10.9. The maximum atomic E-state index is 12.3. The van der Waals surface area contributed by atoms with Crippen molar-refractivity contribution < 1.29 is 4.79 Å². The van der Waals surface area contributed by atoms with Crippen LogP contribution in [0.3, 0.4) is 0 Å². The number of anilines is 2. The van der Waals surface area contributed by atoms with Gasteiger partial charge in [0.1, 0.15) is 0 Å². The van der Waals surface area contributed by atoms with Crippen molar-refractivity contribution in [2.75, 3.05) is 17.7 Å². The number of nitrogens with zero attached hydrogens (tertiary/aromatic N) is 1. The number of hydrogen-bond donors (Lipinski definition) is 1. The lowest BCUT2D eigenvalue weighted by atomic mass is 10.1. The molecule has 0 radical (unpaired) electrons. The molecule has 0 saturated heterocycles. The first-order chi connectivity index (χ1) is 9.47. The molecule has 0 aliphatic heterocycles. The van der Waals surface area contributed by atoms with Crippen LogP contribution in [0.2, 0.25) is 5.02 Å². The molecule has 0 bridgehead atoms. The Hall–Kier alpha value is -1.52. The summed E-state index contributed by atoms with van der Waals surface area (Å²) in [6.07, 6.45) is 0.309. The molecule has 0 aromatic heterocycles. The summed E-state index contributed by atoms with van der Waals surface area (Å²) in [5, 5.41) is 0.659. The Bertz CT molecular complexity index is 628. The van der Waals surface area contributed by atoms with E-state index >= 15 is 0 Å². The van der Waals surface area contributed by atoms with Crippen LogP contribution >= 0.6 is 27.5 Å². The van der Waals surface area contributed by atoms with Crippen LogP contribution in [0.15, 0.2) is 46.9 Å². The molecular weight excluding hydrogens is 340 g/mol. The van der Waals surface area contributed by atoms with Crippen molar-refractivity contribution in [2.24, 2.45) is 0 Å². The number of carbonyl (C=O) groups excluding carboxylic acids is 1.